The highest BCUT2D eigenvalue weighted by molar-refractivity contribution is 6.02. The molecule has 0 aliphatic rings. The van der Waals surface area contributed by atoms with E-state index in [1.807, 2.05) is 88.4 Å². The van der Waals surface area contributed by atoms with Crippen LogP contribution in [-0.4, -0.2) is 5.11 Å². The van der Waals surface area contributed by atoms with E-state index in [1.54, 1.807) is 0 Å². The van der Waals surface area contributed by atoms with Gasteiger partial charge in [-0.05, 0) is 53.9 Å². The van der Waals surface area contributed by atoms with Gasteiger partial charge in [-0.2, -0.15) is 0 Å². The smallest absolute Gasteiger partial charge is 0.153 e. The normalized spacial score (nSPS) is 11.0. The third-order valence-corrected chi connectivity index (χ3v) is 4.57. The van der Waals surface area contributed by atoms with Gasteiger partial charge in [0.15, 0.2) is 5.75 Å². The van der Waals surface area contributed by atoms with Crippen molar-refractivity contribution >= 4 is 38.6 Å². The number of benzene rings is 4. The van der Waals surface area contributed by atoms with Crippen molar-refractivity contribution in [2.24, 2.45) is 10.2 Å². The van der Waals surface area contributed by atoms with Crippen LogP contribution in [0.4, 0.5) is 17.1 Å². The summed E-state index contributed by atoms with van der Waals surface area (Å²) < 4.78 is 0. The molecule has 0 amide bonds. The predicted octanol–water partition coefficient (Wildman–Crippen LogP) is 7.34. The van der Waals surface area contributed by atoms with Gasteiger partial charge in [0, 0.05) is 16.5 Å². The predicted molar refractivity (Wildman–Crippen MR) is 119 cm³/mol. The molecule has 142 valence electrons. The van der Waals surface area contributed by atoms with Gasteiger partial charge >= 0.3 is 0 Å². The van der Waals surface area contributed by atoms with Gasteiger partial charge in [-0.3, -0.25) is 0 Å². The Labute approximate surface area is 165 Å². The van der Waals surface area contributed by atoms with Crippen molar-refractivity contribution < 1.29 is 5.11 Å². The van der Waals surface area contributed by atoms with E-state index < -0.39 is 0 Å². The van der Waals surface area contributed by atoms with Crippen molar-refractivity contribution in [2.45, 2.75) is 27.7 Å². The van der Waals surface area contributed by atoms with Crippen LogP contribution in [0, 0.1) is 13.8 Å². The molecule has 4 heteroatoms. The van der Waals surface area contributed by atoms with Crippen LogP contribution in [0.5, 0.6) is 5.75 Å². The third-order valence-electron chi connectivity index (χ3n) is 4.57. The largest absolute Gasteiger partial charge is 0.505 e. The van der Waals surface area contributed by atoms with Crippen LogP contribution in [0.25, 0.3) is 21.5 Å². The maximum Gasteiger partial charge on any atom is 0.153 e. The van der Waals surface area contributed by atoms with Gasteiger partial charge in [0.2, 0.25) is 0 Å². The number of nitrogens with two attached hydrogens (primary N) is 1. The molecule has 4 aromatic carbocycles. The molecule has 0 aliphatic carbocycles. The maximum atomic E-state index is 10.8. The van der Waals surface area contributed by atoms with Gasteiger partial charge < -0.3 is 10.8 Å². The zero-order valence-corrected chi connectivity index (χ0v) is 16.7. The van der Waals surface area contributed by atoms with E-state index in [9.17, 15) is 5.11 Å². The second-order valence-electron chi connectivity index (χ2n) is 6.54. The number of nitrogen functional groups attached to an aromatic ring is 1. The number of phenolic OH excluding ortho intramolecular Hbond substituents is 1. The van der Waals surface area contributed by atoms with Gasteiger partial charge in [0.25, 0.3) is 0 Å². The molecule has 0 saturated carbocycles. The highest BCUT2D eigenvalue weighted by atomic mass is 16.3. The Hall–Kier alpha value is -3.40. The van der Waals surface area contributed by atoms with Crippen LogP contribution in [0.2, 0.25) is 0 Å². The van der Waals surface area contributed by atoms with Crippen LogP contribution in [0.3, 0.4) is 0 Å². The fourth-order valence-corrected chi connectivity index (χ4v) is 3.36. The number of anilines is 1. The van der Waals surface area contributed by atoms with E-state index in [1.165, 1.54) is 0 Å². The summed E-state index contributed by atoms with van der Waals surface area (Å²) in [5.74, 6) is 0.0708. The first-order valence-corrected chi connectivity index (χ1v) is 9.46. The number of hydrogen-bond donors (Lipinski definition) is 2. The molecule has 0 radical (unpaired) electrons. The summed E-state index contributed by atoms with van der Waals surface area (Å²) in [6.07, 6.45) is 0. The Morgan fingerprint density at radius 2 is 1.54 bits per heavy atom. The number of phenols is 1. The van der Waals surface area contributed by atoms with E-state index >= 15 is 0 Å². The summed E-state index contributed by atoms with van der Waals surface area (Å²) >= 11 is 0. The van der Waals surface area contributed by atoms with Crippen LogP contribution >= 0.6 is 0 Å². The second kappa shape index (κ2) is 8.09. The minimum absolute atomic E-state index is 0.0708. The van der Waals surface area contributed by atoms with Crippen molar-refractivity contribution in [1.82, 2.24) is 0 Å². The number of hydrogen-bond acceptors (Lipinski definition) is 4. The Morgan fingerprint density at radius 1 is 0.821 bits per heavy atom. The lowest BCUT2D eigenvalue weighted by atomic mass is 10.0. The molecule has 4 aromatic rings. The zero-order valence-electron chi connectivity index (χ0n) is 16.7. The first-order valence-electron chi connectivity index (χ1n) is 9.46. The van der Waals surface area contributed by atoms with Gasteiger partial charge in [-0.25, -0.2) is 0 Å². The fraction of sp³-hybridized carbons (Fsp3) is 0.167. The summed E-state index contributed by atoms with van der Waals surface area (Å²) in [4.78, 5) is 0. The number of rotatable bonds is 2. The molecule has 0 atom stereocenters. The number of nitrogens with zero attached hydrogens (tertiary/aromatic N) is 2. The molecule has 0 saturated heterocycles. The average molecular weight is 371 g/mol. The Morgan fingerprint density at radius 3 is 2.32 bits per heavy atom. The number of fused-ring (bicyclic) bond motifs is 2. The van der Waals surface area contributed by atoms with Crippen molar-refractivity contribution in [2.75, 3.05) is 5.73 Å². The quantitative estimate of drug-likeness (QED) is 0.286. The molecule has 4 rings (SSSR count). The highest BCUT2D eigenvalue weighted by Crippen LogP contribution is 2.42. The Balaban J connectivity index is 0.00000109. The average Bonchev–Trinajstić information content (AvgIpc) is 2.68. The number of aryl methyl sites for hydroxylation is 2. The second-order valence-corrected chi connectivity index (χ2v) is 6.54. The summed E-state index contributed by atoms with van der Waals surface area (Å²) in [6, 6.07) is 19.8. The molecule has 0 bridgehead atoms. The summed E-state index contributed by atoms with van der Waals surface area (Å²) in [6.45, 7) is 7.89. The summed E-state index contributed by atoms with van der Waals surface area (Å²) in [5, 5.41) is 23.2. The molecule has 0 heterocycles. The van der Waals surface area contributed by atoms with E-state index in [4.69, 9.17) is 5.73 Å². The molecule has 0 aliphatic heterocycles. The van der Waals surface area contributed by atoms with E-state index in [2.05, 4.69) is 10.2 Å². The summed E-state index contributed by atoms with van der Waals surface area (Å²) in [5.41, 5.74) is 9.78. The SMILES string of the molecule is CC.Cc1cc(N)c2c(O)c(N=Nc3cccc4ccccc34)c(C)cc2c1. The molecular weight excluding hydrogens is 346 g/mol. The molecular formula is C24H25N3O. The summed E-state index contributed by atoms with van der Waals surface area (Å²) in [7, 11) is 0. The molecule has 0 unspecified atom stereocenters. The first kappa shape index (κ1) is 19.4. The molecule has 3 N–H and O–H groups in total. The first-order chi connectivity index (χ1) is 13.5. The van der Waals surface area contributed by atoms with Gasteiger partial charge in [0.1, 0.15) is 5.69 Å². The van der Waals surface area contributed by atoms with Crippen molar-refractivity contribution in [3.8, 4) is 5.75 Å². The third kappa shape index (κ3) is 3.54. The van der Waals surface area contributed by atoms with Crippen LogP contribution in [0.15, 0.2) is 70.9 Å². The van der Waals surface area contributed by atoms with Crippen molar-refractivity contribution in [3.05, 3.63) is 71.8 Å². The van der Waals surface area contributed by atoms with Gasteiger partial charge in [-0.1, -0.05) is 56.3 Å². The topological polar surface area (TPSA) is 71.0 Å². The van der Waals surface area contributed by atoms with Gasteiger partial charge in [0.05, 0.1) is 5.69 Å². The Bertz CT molecular complexity index is 1170. The lowest BCUT2D eigenvalue weighted by Gasteiger charge is -2.11. The minimum Gasteiger partial charge on any atom is -0.505 e. The monoisotopic (exact) mass is 371 g/mol. The minimum atomic E-state index is 0.0708. The molecule has 0 spiro atoms. The van der Waals surface area contributed by atoms with Crippen molar-refractivity contribution in [1.29, 1.82) is 0 Å². The fourth-order valence-electron chi connectivity index (χ4n) is 3.36. The molecule has 4 nitrogen and oxygen atoms in total. The van der Waals surface area contributed by atoms with Crippen LogP contribution in [-0.2, 0) is 0 Å². The zero-order chi connectivity index (χ0) is 20.3. The van der Waals surface area contributed by atoms with Crippen molar-refractivity contribution in [3.63, 3.8) is 0 Å². The van der Waals surface area contributed by atoms with E-state index in [-0.39, 0.29) is 5.75 Å². The van der Waals surface area contributed by atoms with Crippen LogP contribution < -0.4 is 5.73 Å². The maximum absolute atomic E-state index is 10.8. The molecule has 0 fully saturated rings. The van der Waals surface area contributed by atoms with E-state index in [0.717, 1.165) is 33.0 Å². The van der Waals surface area contributed by atoms with Gasteiger partial charge in [-0.15, -0.1) is 10.2 Å². The lowest BCUT2D eigenvalue weighted by molar-refractivity contribution is 0.482. The number of azo groups is 1. The standard InChI is InChI=1S/C22H19N3O.C2H6/c1-13-10-16-12-14(2)21(22(26)20(16)18(23)11-13)25-24-19-9-5-7-15-6-3-4-8-17(15)19;1-2/h3-12,26H,23H2,1-2H3;1-2H3. The van der Waals surface area contributed by atoms with Crippen LogP contribution in [0.1, 0.15) is 25.0 Å². The molecule has 0 aromatic heterocycles. The highest BCUT2D eigenvalue weighted by Gasteiger charge is 2.13. The van der Waals surface area contributed by atoms with E-state index in [0.29, 0.717) is 16.8 Å². The Kier molecular flexibility index (Phi) is 5.59. The lowest BCUT2D eigenvalue weighted by Crippen LogP contribution is -1.90. The number of aromatic hydroxyl groups is 1. The molecule has 28 heavy (non-hydrogen) atoms.